The summed E-state index contributed by atoms with van der Waals surface area (Å²) in [5.41, 5.74) is 1.23. The van der Waals surface area contributed by atoms with E-state index >= 15 is 0 Å². The highest BCUT2D eigenvalue weighted by Crippen LogP contribution is 2.50. The summed E-state index contributed by atoms with van der Waals surface area (Å²) in [6, 6.07) is 0.577. The van der Waals surface area contributed by atoms with E-state index in [0.717, 1.165) is 25.9 Å². The molecule has 0 aromatic carbocycles. The molecule has 1 nitrogen and oxygen atoms in total. The summed E-state index contributed by atoms with van der Waals surface area (Å²) in [6.07, 6.45) is 4.01. The van der Waals surface area contributed by atoms with Crippen LogP contribution in [0.25, 0.3) is 0 Å². The fraction of sp³-hybridized carbons (Fsp3) is 0.875. The SMILES string of the molecule is CC.CC.CCC1C/C(=C/C2CC2(F)F)CN1CC. The molecule has 1 aliphatic heterocycles. The van der Waals surface area contributed by atoms with Crippen LogP contribution in [0.3, 0.4) is 0 Å². The maximum atomic E-state index is 12.7. The van der Waals surface area contributed by atoms with Crippen LogP contribution in [0.2, 0.25) is 0 Å². The maximum Gasteiger partial charge on any atom is 0.255 e. The normalized spacial score (nSPS) is 30.2. The molecule has 0 amide bonds. The van der Waals surface area contributed by atoms with Crippen LogP contribution < -0.4 is 0 Å². The standard InChI is InChI=1S/C12H19F2N.2C2H6/c1-3-11-6-9(8-15(11)4-2)5-10-7-12(10,13)14;2*1-2/h5,10-11H,3-4,6-8H2,1-2H3;2*1-2H3/b9-5-;;. The molecule has 0 N–H and O–H groups in total. The van der Waals surface area contributed by atoms with Crippen LogP contribution in [-0.4, -0.2) is 30.0 Å². The van der Waals surface area contributed by atoms with E-state index in [9.17, 15) is 8.78 Å². The second kappa shape index (κ2) is 8.68. The lowest BCUT2D eigenvalue weighted by molar-refractivity contribution is 0.107. The fourth-order valence-electron chi connectivity index (χ4n) is 2.48. The molecular formula is C16H31F2N. The molecule has 2 rings (SSSR count). The van der Waals surface area contributed by atoms with E-state index in [-0.39, 0.29) is 6.42 Å². The molecule has 2 fully saturated rings. The van der Waals surface area contributed by atoms with Crippen molar-refractivity contribution in [2.75, 3.05) is 13.1 Å². The third kappa shape index (κ3) is 5.21. The monoisotopic (exact) mass is 275 g/mol. The lowest BCUT2D eigenvalue weighted by Crippen LogP contribution is -2.28. The molecule has 1 aliphatic carbocycles. The minimum Gasteiger partial charge on any atom is -0.296 e. The van der Waals surface area contributed by atoms with Gasteiger partial charge in [0.05, 0.1) is 0 Å². The van der Waals surface area contributed by atoms with Crippen molar-refractivity contribution in [2.24, 2.45) is 5.92 Å². The van der Waals surface area contributed by atoms with Crippen LogP contribution >= 0.6 is 0 Å². The van der Waals surface area contributed by atoms with Gasteiger partial charge in [-0.15, -0.1) is 0 Å². The quantitative estimate of drug-likeness (QED) is 0.646. The number of likely N-dealkylation sites (tertiary alicyclic amines) is 1. The average molecular weight is 275 g/mol. The van der Waals surface area contributed by atoms with Crippen molar-refractivity contribution < 1.29 is 8.78 Å². The number of rotatable bonds is 3. The minimum absolute atomic E-state index is 0.0689. The Hall–Kier alpha value is -0.440. The third-order valence-corrected chi connectivity index (χ3v) is 3.61. The van der Waals surface area contributed by atoms with Gasteiger partial charge in [-0.25, -0.2) is 8.78 Å². The van der Waals surface area contributed by atoms with Crippen LogP contribution in [0.15, 0.2) is 11.6 Å². The van der Waals surface area contributed by atoms with Crippen molar-refractivity contribution in [3.05, 3.63) is 11.6 Å². The van der Waals surface area contributed by atoms with Gasteiger partial charge in [-0.2, -0.15) is 0 Å². The van der Waals surface area contributed by atoms with Crippen molar-refractivity contribution in [3.8, 4) is 0 Å². The molecule has 0 aromatic rings. The summed E-state index contributed by atoms with van der Waals surface area (Å²) in [6.45, 7) is 14.2. The zero-order valence-corrected chi connectivity index (χ0v) is 13.5. The summed E-state index contributed by atoms with van der Waals surface area (Å²) in [5, 5.41) is 0. The highest BCUT2D eigenvalue weighted by atomic mass is 19.3. The van der Waals surface area contributed by atoms with Gasteiger partial charge < -0.3 is 0 Å². The minimum atomic E-state index is -2.39. The molecule has 2 unspecified atom stereocenters. The van der Waals surface area contributed by atoms with Gasteiger partial charge in [-0.1, -0.05) is 53.2 Å². The van der Waals surface area contributed by atoms with Gasteiger partial charge in [0.15, 0.2) is 0 Å². The van der Waals surface area contributed by atoms with Gasteiger partial charge in [0.1, 0.15) is 0 Å². The van der Waals surface area contributed by atoms with E-state index in [1.807, 2.05) is 33.8 Å². The van der Waals surface area contributed by atoms with Gasteiger partial charge in [-0.05, 0) is 19.4 Å². The first kappa shape index (κ1) is 18.6. The predicted molar refractivity (Wildman–Crippen MR) is 79.8 cm³/mol. The molecule has 0 aromatic heterocycles. The van der Waals surface area contributed by atoms with Crippen LogP contribution in [0.5, 0.6) is 0 Å². The molecule has 0 spiro atoms. The predicted octanol–water partition coefficient (Wildman–Crippen LogP) is 5.12. The first-order valence-electron chi connectivity index (χ1n) is 7.88. The Kier molecular flexibility index (Phi) is 8.47. The Morgan fingerprint density at radius 3 is 2.05 bits per heavy atom. The largest absolute Gasteiger partial charge is 0.296 e. The smallest absolute Gasteiger partial charge is 0.255 e. The van der Waals surface area contributed by atoms with E-state index in [0.29, 0.717) is 6.04 Å². The summed E-state index contributed by atoms with van der Waals surface area (Å²) in [7, 11) is 0. The van der Waals surface area contributed by atoms with E-state index in [1.54, 1.807) is 0 Å². The third-order valence-electron chi connectivity index (χ3n) is 3.61. The Balaban J connectivity index is 0.000000741. The second-order valence-electron chi connectivity index (χ2n) is 4.73. The molecule has 3 heteroatoms. The summed E-state index contributed by atoms with van der Waals surface area (Å²) in [5.74, 6) is -2.85. The zero-order valence-electron chi connectivity index (χ0n) is 13.5. The number of hydrogen-bond acceptors (Lipinski definition) is 1. The molecular weight excluding hydrogens is 244 g/mol. The Bertz CT molecular complexity index is 260. The van der Waals surface area contributed by atoms with Crippen molar-refractivity contribution in [1.29, 1.82) is 0 Å². The first-order chi connectivity index (χ1) is 9.06. The number of hydrogen-bond donors (Lipinski definition) is 0. The molecule has 0 radical (unpaired) electrons. The molecule has 1 heterocycles. The number of likely N-dealkylation sites (N-methyl/N-ethyl adjacent to an activating group) is 1. The number of allylic oxidation sites excluding steroid dienone is 1. The molecule has 1 saturated heterocycles. The fourth-order valence-corrected chi connectivity index (χ4v) is 2.48. The number of alkyl halides is 2. The van der Waals surface area contributed by atoms with E-state index in [4.69, 9.17) is 0 Å². The van der Waals surface area contributed by atoms with Crippen molar-refractivity contribution in [1.82, 2.24) is 4.90 Å². The number of halogens is 2. The molecule has 19 heavy (non-hydrogen) atoms. The number of nitrogens with zero attached hydrogens (tertiary/aromatic N) is 1. The van der Waals surface area contributed by atoms with Crippen molar-refractivity contribution >= 4 is 0 Å². The van der Waals surface area contributed by atoms with Crippen LogP contribution in [0.4, 0.5) is 8.78 Å². The molecule has 114 valence electrons. The lowest BCUT2D eigenvalue weighted by atomic mass is 10.1. The van der Waals surface area contributed by atoms with Crippen LogP contribution in [0.1, 0.15) is 60.8 Å². The second-order valence-corrected chi connectivity index (χ2v) is 4.73. The Labute approximate surface area is 118 Å². The van der Waals surface area contributed by atoms with Gasteiger partial charge in [0, 0.05) is 24.9 Å². The van der Waals surface area contributed by atoms with Gasteiger partial charge in [0.2, 0.25) is 0 Å². The molecule has 0 bridgehead atoms. The van der Waals surface area contributed by atoms with Gasteiger partial charge in [-0.3, -0.25) is 4.90 Å². The topological polar surface area (TPSA) is 3.24 Å². The maximum absolute atomic E-state index is 12.7. The zero-order chi connectivity index (χ0) is 15.1. The van der Waals surface area contributed by atoms with E-state index < -0.39 is 11.8 Å². The lowest BCUT2D eigenvalue weighted by Gasteiger charge is -2.19. The van der Waals surface area contributed by atoms with Gasteiger partial charge in [0.25, 0.3) is 5.92 Å². The summed E-state index contributed by atoms with van der Waals surface area (Å²) >= 11 is 0. The highest BCUT2D eigenvalue weighted by molar-refractivity contribution is 5.20. The van der Waals surface area contributed by atoms with Crippen molar-refractivity contribution in [3.63, 3.8) is 0 Å². The van der Waals surface area contributed by atoms with Gasteiger partial charge >= 0.3 is 0 Å². The van der Waals surface area contributed by atoms with Crippen molar-refractivity contribution in [2.45, 2.75) is 72.8 Å². The first-order valence-corrected chi connectivity index (χ1v) is 7.88. The molecule has 2 aliphatic rings. The molecule has 2 atom stereocenters. The van der Waals surface area contributed by atoms with E-state index in [1.165, 1.54) is 5.57 Å². The average Bonchev–Trinajstić information content (AvgIpc) is 2.87. The summed E-state index contributed by atoms with van der Waals surface area (Å²) in [4.78, 5) is 2.38. The Morgan fingerprint density at radius 2 is 1.74 bits per heavy atom. The van der Waals surface area contributed by atoms with Crippen LogP contribution in [-0.2, 0) is 0 Å². The van der Waals surface area contributed by atoms with Crippen LogP contribution in [0, 0.1) is 5.92 Å². The highest BCUT2D eigenvalue weighted by Gasteiger charge is 2.55. The van der Waals surface area contributed by atoms with E-state index in [2.05, 4.69) is 18.7 Å². The Morgan fingerprint density at radius 1 is 1.21 bits per heavy atom. The molecule has 1 saturated carbocycles. The summed E-state index contributed by atoms with van der Waals surface area (Å²) < 4.78 is 25.5.